The molecular weight excluding hydrogens is 501 g/mol. The molecule has 8 nitrogen and oxygen atoms in total. The summed E-state index contributed by atoms with van der Waals surface area (Å²) in [5.74, 6) is 0. The summed E-state index contributed by atoms with van der Waals surface area (Å²) in [6.07, 6.45) is -0.846. The minimum absolute atomic E-state index is 0.183. The van der Waals surface area contributed by atoms with Crippen LogP contribution in [0.15, 0.2) is 47.1 Å². The molecule has 1 N–H and O–H groups in total. The number of thiazole rings is 1. The molecule has 33 heavy (non-hydrogen) atoms. The summed E-state index contributed by atoms with van der Waals surface area (Å²) >= 11 is 7.33. The Morgan fingerprint density at radius 3 is 2.58 bits per heavy atom. The zero-order valence-corrected chi connectivity index (χ0v) is 18.9. The third-order valence-corrected chi connectivity index (χ3v) is 7.10. The Labute approximate surface area is 194 Å². The van der Waals surface area contributed by atoms with Crippen LogP contribution in [0.1, 0.15) is 12.5 Å². The number of alkyl halides is 3. The van der Waals surface area contributed by atoms with Crippen molar-refractivity contribution in [1.82, 2.24) is 24.2 Å². The van der Waals surface area contributed by atoms with E-state index < -0.39 is 27.1 Å². The molecule has 0 unspecified atom stereocenters. The summed E-state index contributed by atoms with van der Waals surface area (Å²) in [5.41, 5.74) is 1.05. The third kappa shape index (κ3) is 4.30. The van der Waals surface area contributed by atoms with Crippen molar-refractivity contribution in [1.29, 1.82) is 5.26 Å². The molecule has 0 spiro atoms. The number of nitriles is 1. The lowest BCUT2D eigenvalue weighted by Gasteiger charge is -2.17. The summed E-state index contributed by atoms with van der Waals surface area (Å²) in [5, 5.41) is 12.8. The molecule has 14 heteroatoms. The van der Waals surface area contributed by atoms with Gasteiger partial charge in [-0.1, -0.05) is 11.6 Å². The highest BCUT2D eigenvalue weighted by Gasteiger charge is 2.39. The first-order chi connectivity index (χ1) is 15.5. The van der Waals surface area contributed by atoms with Crippen LogP contribution in [0.4, 0.5) is 13.2 Å². The Morgan fingerprint density at radius 1 is 1.24 bits per heavy atom. The average Bonchev–Trinajstić information content (AvgIpc) is 3.38. The van der Waals surface area contributed by atoms with Gasteiger partial charge in [-0.2, -0.15) is 23.2 Å². The number of sulfonamides is 1. The second-order valence-electron chi connectivity index (χ2n) is 6.77. The molecule has 4 aromatic rings. The molecular formula is C19H12ClF3N6O2S2. The number of pyridine rings is 2. The van der Waals surface area contributed by atoms with E-state index in [-0.39, 0.29) is 17.0 Å². The van der Waals surface area contributed by atoms with Gasteiger partial charge in [0.1, 0.15) is 22.7 Å². The Bertz CT molecular complexity index is 1480. The summed E-state index contributed by atoms with van der Waals surface area (Å²) in [7, 11) is -4.49. The van der Waals surface area contributed by atoms with E-state index in [1.165, 1.54) is 23.6 Å². The highest BCUT2D eigenvalue weighted by molar-refractivity contribution is 7.89. The fourth-order valence-corrected chi connectivity index (χ4v) is 5.03. The topological polar surface area (TPSA) is 114 Å². The minimum Gasteiger partial charge on any atom is -0.266 e. The lowest BCUT2D eigenvalue weighted by molar-refractivity contribution is -0.147. The summed E-state index contributed by atoms with van der Waals surface area (Å²) in [6, 6.07) is 3.79. The van der Waals surface area contributed by atoms with Gasteiger partial charge < -0.3 is 0 Å². The van der Waals surface area contributed by atoms with Crippen LogP contribution in [0.3, 0.4) is 0 Å². The Kier molecular flexibility index (Phi) is 5.87. The predicted octanol–water partition coefficient (Wildman–Crippen LogP) is 4.30. The van der Waals surface area contributed by atoms with E-state index >= 15 is 0 Å². The maximum atomic E-state index is 12.8. The van der Waals surface area contributed by atoms with Gasteiger partial charge in [0.15, 0.2) is 5.13 Å². The Morgan fingerprint density at radius 2 is 2.00 bits per heavy atom. The number of nitrogens with one attached hydrogen (secondary N) is 1. The van der Waals surface area contributed by atoms with Gasteiger partial charge in [-0.15, -0.1) is 11.3 Å². The van der Waals surface area contributed by atoms with Gasteiger partial charge in [-0.05, 0) is 25.1 Å². The zero-order valence-electron chi connectivity index (χ0n) is 16.5. The van der Waals surface area contributed by atoms with Gasteiger partial charge in [-0.25, -0.2) is 18.4 Å². The van der Waals surface area contributed by atoms with Gasteiger partial charge in [0.05, 0.1) is 22.0 Å². The number of rotatable bonds is 5. The van der Waals surface area contributed by atoms with Crippen LogP contribution in [0, 0.1) is 11.3 Å². The first-order valence-electron chi connectivity index (χ1n) is 9.08. The van der Waals surface area contributed by atoms with Gasteiger partial charge >= 0.3 is 6.18 Å². The van der Waals surface area contributed by atoms with E-state index in [0.29, 0.717) is 28.1 Å². The first-order valence-corrected chi connectivity index (χ1v) is 11.8. The van der Waals surface area contributed by atoms with Crippen LogP contribution >= 0.6 is 22.9 Å². The molecule has 0 aromatic carbocycles. The summed E-state index contributed by atoms with van der Waals surface area (Å²) < 4.78 is 66.2. The lowest BCUT2D eigenvalue weighted by Crippen LogP contribution is -2.42. The second-order valence-corrected chi connectivity index (χ2v) is 9.80. The van der Waals surface area contributed by atoms with E-state index in [1.807, 2.05) is 0 Å². The van der Waals surface area contributed by atoms with Gasteiger partial charge in [0.25, 0.3) is 0 Å². The van der Waals surface area contributed by atoms with Gasteiger partial charge in [0.2, 0.25) is 10.0 Å². The lowest BCUT2D eigenvalue weighted by atomic mass is 10.1. The van der Waals surface area contributed by atoms with Crippen molar-refractivity contribution < 1.29 is 21.6 Å². The molecule has 0 saturated carbocycles. The quantitative estimate of drug-likeness (QED) is 0.426. The zero-order chi connectivity index (χ0) is 24.0. The number of halogens is 4. The number of nitrogens with zero attached hydrogens (tertiary/aromatic N) is 5. The number of hydrogen-bond acceptors (Lipinski definition) is 7. The number of aromatic nitrogens is 4. The average molecular weight is 513 g/mol. The molecule has 4 aromatic heterocycles. The molecule has 0 bridgehead atoms. The molecule has 0 saturated heterocycles. The maximum absolute atomic E-state index is 12.8. The SMILES string of the molecule is C[C@H](NS(=O)(=O)c1ccc(-c2c(C#N)c3cc(Cl)cnc3n2-c2nccs2)nc1)C(F)(F)F. The summed E-state index contributed by atoms with van der Waals surface area (Å²) in [6.45, 7) is 0.698. The van der Waals surface area contributed by atoms with Crippen molar-refractivity contribution in [3.63, 3.8) is 0 Å². The van der Waals surface area contributed by atoms with E-state index in [2.05, 4.69) is 21.0 Å². The van der Waals surface area contributed by atoms with Crippen molar-refractivity contribution in [2.45, 2.75) is 24.0 Å². The molecule has 0 amide bonds. The number of fused-ring (bicyclic) bond motifs is 1. The highest BCUT2D eigenvalue weighted by Crippen LogP contribution is 2.36. The largest absolute Gasteiger partial charge is 0.404 e. The molecule has 0 fully saturated rings. The second kappa shape index (κ2) is 8.38. The van der Waals surface area contributed by atoms with Gasteiger partial charge in [-0.3, -0.25) is 9.55 Å². The molecule has 0 aliphatic rings. The Balaban J connectivity index is 1.85. The third-order valence-electron chi connectivity index (χ3n) is 4.61. The summed E-state index contributed by atoms with van der Waals surface area (Å²) in [4.78, 5) is 12.2. The van der Waals surface area contributed by atoms with E-state index in [4.69, 9.17) is 11.6 Å². The molecule has 0 aliphatic carbocycles. The molecule has 1 atom stereocenters. The molecule has 0 radical (unpaired) electrons. The maximum Gasteiger partial charge on any atom is 0.404 e. The monoisotopic (exact) mass is 512 g/mol. The normalized spacial score (nSPS) is 13.2. The fraction of sp³-hybridized carbons (Fsp3) is 0.158. The van der Waals surface area contributed by atoms with Crippen LogP contribution in [0.5, 0.6) is 0 Å². The van der Waals surface area contributed by atoms with E-state index in [9.17, 15) is 26.9 Å². The van der Waals surface area contributed by atoms with Crippen molar-refractivity contribution in [2.24, 2.45) is 0 Å². The molecule has 0 aliphatic heterocycles. The van der Waals surface area contributed by atoms with Crippen LogP contribution in [0.25, 0.3) is 27.6 Å². The highest BCUT2D eigenvalue weighted by atomic mass is 35.5. The number of hydrogen-bond donors (Lipinski definition) is 1. The smallest absolute Gasteiger partial charge is 0.266 e. The molecule has 4 rings (SSSR count). The van der Waals surface area contributed by atoms with Crippen LogP contribution in [0.2, 0.25) is 5.02 Å². The Hall–Kier alpha value is -3.05. The molecule has 4 heterocycles. The van der Waals surface area contributed by atoms with Crippen molar-refractivity contribution in [3.8, 4) is 22.6 Å². The van der Waals surface area contributed by atoms with Crippen LogP contribution in [-0.4, -0.2) is 40.2 Å². The fourth-order valence-electron chi connectivity index (χ4n) is 3.05. The predicted molar refractivity (Wildman–Crippen MR) is 116 cm³/mol. The first kappa shape index (κ1) is 23.1. The van der Waals surface area contributed by atoms with Crippen LogP contribution < -0.4 is 4.72 Å². The van der Waals surface area contributed by atoms with Crippen LogP contribution in [-0.2, 0) is 10.0 Å². The van der Waals surface area contributed by atoms with E-state index in [0.717, 1.165) is 12.3 Å². The standard InChI is InChI=1S/C19H12ClF3N6O2S2/c1-10(19(21,22)23)28-33(30,31)12-2-3-15(26-9-12)16-14(7-24)13-6-11(20)8-27-17(13)29(16)18-25-4-5-32-18/h2-6,8-10,28H,1H3/t10-/m0/s1. The molecule has 170 valence electrons. The van der Waals surface area contributed by atoms with Crippen molar-refractivity contribution in [2.75, 3.05) is 0 Å². The van der Waals surface area contributed by atoms with E-state index in [1.54, 1.807) is 26.9 Å². The minimum atomic E-state index is -4.74. The van der Waals surface area contributed by atoms with Gasteiger partial charge in [0, 0.05) is 29.4 Å². The van der Waals surface area contributed by atoms with Crippen molar-refractivity contribution >= 4 is 44.0 Å². The van der Waals surface area contributed by atoms with Crippen molar-refractivity contribution in [3.05, 3.63) is 52.8 Å².